The molecule has 2 atom stereocenters. The molecular weight excluding hydrogens is 253 g/mol. The molecule has 2 unspecified atom stereocenters. The second-order valence-corrected chi connectivity index (χ2v) is 5.58. The van der Waals surface area contributed by atoms with Gasteiger partial charge in [-0.15, -0.1) is 0 Å². The first-order valence-corrected chi connectivity index (χ1v) is 7.23. The molecule has 0 saturated heterocycles. The van der Waals surface area contributed by atoms with Crippen molar-refractivity contribution in [2.45, 2.75) is 44.8 Å². The van der Waals surface area contributed by atoms with Crippen molar-refractivity contribution in [3.63, 3.8) is 0 Å². The number of alkyl halides is 3. The van der Waals surface area contributed by atoms with Gasteiger partial charge in [0.15, 0.2) is 0 Å². The van der Waals surface area contributed by atoms with Gasteiger partial charge in [-0.2, -0.15) is 13.2 Å². The average molecular weight is 276 g/mol. The fourth-order valence-electron chi connectivity index (χ4n) is 2.98. The van der Waals surface area contributed by atoms with E-state index in [-0.39, 0.29) is 12.0 Å². The summed E-state index contributed by atoms with van der Waals surface area (Å²) in [6.45, 7) is 5.19. The summed E-state index contributed by atoms with van der Waals surface area (Å²) in [4.78, 5) is 2.22. The molecule has 0 amide bonds. The molecule has 0 spiro atoms. The SMILES string of the molecule is CCCNCC1CCC1N1CC=C(C(F)(F)F)CC1. The van der Waals surface area contributed by atoms with Crippen molar-refractivity contribution in [2.24, 2.45) is 5.92 Å². The minimum atomic E-state index is -4.13. The Morgan fingerprint density at radius 3 is 2.63 bits per heavy atom. The molecule has 1 aliphatic carbocycles. The summed E-state index contributed by atoms with van der Waals surface area (Å²) in [5, 5.41) is 3.42. The summed E-state index contributed by atoms with van der Waals surface area (Å²) in [5.74, 6) is 0.618. The lowest BCUT2D eigenvalue weighted by Crippen LogP contribution is -2.52. The molecule has 0 aromatic rings. The van der Waals surface area contributed by atoms with E-state index in [1.165, 1.54) is 12.5 Å². The van der Waals surface area contributed by atoms with Gasteiger partial charge in [-0.25, -0.2) is 0 Å². The highest BCUT2D eigenvalue weighted by molar-refractivity contribution is 5.14. The number of nitrogens with one attached hydrogen (secondary N) is 1. The summed E-state index contributed by atoms with van der Waals surface area (Å²) in [6, 6.07) is 0.482. The van der Waals surface area contributed by atoms with E-state index < -0.39 is 6.18 Å². The quantitative estimate of drug-likeness (QED) is 0.613. The van der Waals surface area contributed by atoms with Crippen molar-refractivity contribution >= 4 is 0 Å². The Balaban J connectivity index is 1.80. The molecule has 0 aromatic carbocycles. The standard InChI is InChI=1S/C14H23F3N2/c1-2-7-18-10-11-3-4-13(11)19-8-5-12(6-9-19)14(15,16)17/h5,11,13,18H,2-4,6-10H2,1H3. The number of nitrogens with zero attached hydrogens (tertiary/aromatic N) is 1. The number of halogens is 3. The molecule has 2 aliphatic rings. The first kappa shape index (κ1) is 14.9. The Morgan fingerprint density at radius 2 is 2.16 bits per heavy atom. The fraction of sp³-hybridized carbons (Fsp3) is 0.857. The number of rotatable bonds is 5. The predicted molar refractivity (Wildman–Crippen MR) is 70.0 cm³/mol. The van der Waals surface area contributed by atoms with Crippen LogP contribution in [-0.4, -0.2) is 43.3 Å². The van der Waals surface area contributed by atoms with E-state index >= 15 is 0 Å². The van der Waals surface area contributed by atoms with E-state index in [0.717, 1.165) is 25.9 Å². The molecule has 19 heavy (non-hydrogen) atoms. The van der Waals surface area contributed by atoms with E-state index in [1.54, 1.807) is 0 Å². The van der Waals surface area contributed by atoms with Gasteiger partial charge in [0.1, 0.15) is 0 Å². The molecule has 2 rings (SSSR count). The Kier molecular flexibility index (Phi) is 4.90. The van der Waals surface area contributed by atoms with E-state index in [0.29, 0.717) is 25.0 Å². The van der Waals surface area contributed by atoms with E-state index in [1.807, 2.05) is 0 Å². The van der Waals surface area contributed by atoms with Crippen molar-refractivity contribution in [3.05, 3.63) is 11.6 Å². The summed E-state index contributed by atoms with van der Waals surface area (Å²) in [5.41, 5.74) is -0.344. The second-order valence-electron chi connectivity index (χ2n) is 5.58. The molecular formula is C14H23F3N2. The molecule has 1 saturated carbocycles. The third-order valence-corrected chi connectivity index (χ3v) is 4.28. The van der Waals surface area contributed by atoms with Crippen LogP contribution >= 0.6 is 0 Å². The van der Waals surface area contributed by atoms with Crippen LogP contribution in [0.25, 0.3) is 0 Å². The van der Waals surface area contributed by atoms with Crippen LogP contribution in [0.2, 0.25) is 0 Å². The molecule has 1 heterocycles. The van der Waals surface area contributed by atoms with E-state index in [4.69, 9.17) is 0 Å². The lowest BCUT2D eigenvalue weighted by Gasteiger charge is -2.45. The first-order chi connectivity index (χ1) is 9.02. The maximum absolute atomic E-state index is 12.6. The Bertz CT molecular complexity index is 325. The van der Waals surface area contributed by atoms with Crippen LogP contribution in [0.4, 0.5) is 13.2 Å². The Hall–Kier alpha value is -0.550. The molecule has 0 aromatic heterocycles. The van der Waals surface area contributed by atoms with Gasteiger partial charge in [0.2, 0.25) is 0 Å². The molecule has 1 N–H and O–H groups in total. The van der Waals surface area contributed by atoms with Crippen LogP contribution < -0.4 is 5.32 Å². The lowest BCUT2D eigenvalue weighted by molar-refractivity contribution is -0.0972. The van der Waals surface area contributed by atoms with Gasteiger partial charge in [0.05, 0.1) is 0 Å². The van der Waals surface area contributed by atoms with Crippen molar-refractivity contribution in [2.75, 3.05) is 26.2 Å². The zero-order chi connectivity index (χ0) is 13.9. The highest BCUT2D eigenvalue weighted by Crippen LogP contribution is 2.36. The number of hydrogen-bond acceptors (Lipinski definition) is 2. The van der Waals surface area contributed by atoms with Gasteiger partial charge in [0, 0.05) is 24.7 Å². The topological polar surface area (TPSA) is 15.3 Å². The molecule has 110 valence electrons. The highest BCUT2D eigenvalue weighted by atomic mass is 19.4. The summed E-state index contributed by atoms with van der Waals surface area (Å²) in [6.07, 6.45) is 0.849. The first-order valence-electron chi connectivity index (χ1n) is 7.23. The molecule has 1 aliphatic heterocycles. The van der Waals surface area contributed by atoms with Gasteiger partial charge in [0.25, 0.3) is 0 Å². The highest BCUT2D eigenvalue weighted by Gasteiger charge is 2.39. The average Bonchev–Trinajstić information content (AvgIpc) is 2.33. The van der Waals surface area contributed by atoms with Gasteiger partial charge < -0.3 is 5.32 Å². The van der Waals surface area contributed by atoms with Crippen LogP contribution in [0.1, 0.15) is 32.6 Å². The predicted octanol–water partition coefficient (Wildman–Crippen LogP) is 2.96. The van der Waals surface area contributed by atoms with Crippen molar-refractivity contribution < 1.29 is 13.2 Å². The minimum Gasteiger partial charge on any atom is -0.316 e. The van der Waals surface area contributed by atoms with Crippen molar-refractivity contribution in [1.82, 2.24) is 10.2 Å². The second kappa shape index (κ2) is 6.27. The van der Waals surface area contributed by atoms with Crippen molar-refractivity contribution in [1.29, 1.82) is 0 Å². The zero-order valence-electron chi connectivity index (χ0n) is 11.5. The van der Waals surface area contributed by atoms with Crippen LogP contribution in [0, 0.1) is 5.92 Å². The molecule has 0 radical (unpaired) electrons. The zero-order valence-corrected chi connectivity index (χ0v) is 11.5. The third-order valence-electron chi connectivity index (χ3n) is 4.28. The monoisotopic (exact) mass is 276 g/mol. The van der Waals surface area contributed by atoms with Gasteiger partial charge >= 0.3 is 6.18 Å². The van der Waals surface area contributed by atoms with Crippen LogP contribution in [-0.2, 0) is 0 Å². The Labute approximate surface area is 113 Å². The van der Waals surface area contributed by atoms with Crippen LogP contribution in [0.15, 0.2) is 11.6 Å². The number of hydrogen-bond donors (Lipinski definition) is 1. The van der Waals surface area contributed by atoms with Crippen LogP contribution in [0.3, 0.4) is 0 Å². The molecule has 0 bridgehead atoms. The molecule has 1 fully saturated rings. The van der Waals surface area contributed by atoms with Gasteiger partial charge in [-0.05, 0) is 44.7 Å². The smallest absolute Gasteiger partial charge is 0.316 e. The molecule has 5 heteroatoms. The normalized spacial score (nSPS) is 28.9. The Morgan fingerprint density at radius 1 is 1.37 bits per heavy atom. The maximum atomic E-state index is 12.6. The van der Waals surface area contributed by atoms with Gasteiger partial charge in [-0.1, -0.05) is 13.0 Å². The third kappa shape index (κ3) is 3.72. The largest absolute Gasteiger partial charge is 0.412 e. The van der Waals surface area contributed by atoms with Crippen molar-refractivity contribution in [3.8, 4) is 0 Å². The summed E-state index contributed by atoms with van der Waals surface area (Å²) in [7, 11) is 0. The fourth-order valence-corrected chi connectivity index (χ4v) is 2.98. The van der Waals surface area contributed by atoms with E-state index in [9.17, 15) is 13.2 Å². The summed E-state index contributed by atoms with van der Waals surface area (Å²) >= 11 is 0. The summed E-state index contributed by atoms with van der Waals surface area (Å²) < 4.78 is 37.7. The molecule has 2 nitrogen and oxygen atoms in total. The maximum Gasteiger partial charge on any atom is 0.412 e. The lowest BCUT2D eigenvalue weighted by atomic mass is 9.77. The minimum absolute atomic E-state index is 0.148. The van der Waals surface area contributed by atoms with Crippen LogP contribution in [0.5, 0.6) is 0 Å². The van der Waals surface area contributed by atoms with Gasteiger partial charge in [-0.3, -0.25) is 4.90 Å². The van der Waals surface area contributed by atoms with E-state index in [2.05, 4.69) is 17.1 Å².